The highest BCUT2D eigenvalue weighted by molar-refractivity contribution is 6.21. The van der Waals surface area contributed by atoms with Gasteiger partial charge in [0.15, 0.2) is 17.5 Å². The van der Waals surface area contributed by atoms with E-state index in [1.165, 1.54) is 83.1 Å². The van der Waals surface area contributed by atoms with Crippen LogP contribution in [0.2, 0.25) is 0 Å². The average Bonchev–Trinajstić information content (AvgIpc) is 3.92. The van der Waals surface area contributed by atoms with Crippen molar-refractivity contribution in [2.24, 2.45) is 0 Å². The second-order valence-corrected chi connectivity index (χ2v) is 15.8. The Hall–Kier alpha value is -7.75. The molecule has 0 amide bonds. The van der Waals surface area contributed by atoms with Gasteiger partial charge in [-0.15, -0.1) is 0 Å². The number of benzene rings is 9. The largest absolute Gasteiger partial charge is 0.208 e. The maximum absolute atomic E-state index is 5.21. The van der Waals surface area contributed by atoms with Crippen LogP contribution in [0.3, 0.4) is 0 Å². The molecule has 0 saturated heterocycles. The summed E-state index contributed by atoms with van der Waals surface area (Å²) in [4.78, 5) is 15.4. The Labute approximate surface area is 342 Å². The normalized spacial score (nSPS) is 14.8. The minimum Gasteiger partial charge on any atom is -0.208 e. The summed E-state index contributed by atoms with van der Waals surface area (Å²) in [7, 11) is 0. The monoisotopic (exact) mass is 747 g/mol. The van der Waals surface area contributed by atoms with Crippen molar-refractivity contribution < 1.29 is 0 Å². The molecular weight excluding hydrogens is 715 g/mol. The third kappa shape index (κ3) is 4.44. The van der Waals surface area contributed by atoms with E-state index in [0.717, 1.165) is 22.3 Å². The quantitative estimate of drug-likeness (QED) is 0.180. The zero-order valence-electron chi connectivity index (χ0n) is 31.9. The van der Waals surface area contributed by atoms with Gasteiger partial charge in [-0.05, 0) is 101 Å². The van der Waals surface area contributed by atoms with E-state index in [9.17, 15) is 0 Å². The van der Waals surface area contributed by atoms with Crippen LogP contribution in [0.25, 0.3) is 101 Å². The summed E-state index contributed by atoms with van der Waals surface area (Å²) in [5.41, 5.74) is 20.3. The van der Waals surface area contributed by atoms with E-state index in [-0.39, 0.29) is 0 Å². The van der Waals surface area contributed by atoms with Crippen molar-refractivity contribution in [2.75, 3.05) is 0 Å². The summed E-state index contributed by atoms with van der Waals surface area (Å²) in [6.45, 7) is 0. The molecule has 3 aliphatic rings. The molecule has 3 aliphatic carbocycles. The third-order valence-electron chi connectivity index (χ3n) is 12.9. The Bertz CT molecular complexity index is 3370. The van der Waals surface area contributed by atoms with E-state index in [4.69, 9.17) is 15.0 Å². The van der Waals surface area contributed by atoms with Gasteiger partial charge in [0.2, 0.25) is 0 Å². The number of rotatable bonds is 4. The van der Waals surface area contributed by atoms with E-state index in [1.807, 2.05) is 24.3 Å². The highest BCUT2D eigenvalue weighted by Crippen LogP contribution is 2.65. The molecule has 0 aliphatic heterocycles. The van der Waals surface area contributed by atoms with Gasteiger partial charge in [-0.2, -0.15) is 0 Å². The Morgan fingerprint density at radius 3 is 1.46 bits per heavy atom. The maximum atomic E-state index is 5.21. The van der Waals surface area contributed by atoms with Crippen molar-refractivity contribution in [2.45, 2.75) is 5.41 Å². The van der Waals surface area contributed by atoms with Gasteiger partial charge in [0, 0.05) is 16.7 Å². The number of hydrogen-bond donors (Lipinski definition) is 0. The molecule has 1 spiro atoms. The number of fused-ring (bicyclic) bond motifs is 14. The first-order chi connectivity index (χ1) is 29.3. The first-order valence-corrected chi connectivity index (χ1v) is 20.3. The second kappa shape index (κ2) is 12.1. The molecule has 0 N–H and O–H groups in total. The highest BCUT2D eigenvalue weighted by Gasteiger charge is 2.52. The van der Waals surface area contributed by atoms with E-state index in [1.54, 1.807) is 0 Å². The molecule has 1 atom stereocenters. The summed E-state index contributed by atoms with van der Waals surface area (Å²) in [6, 6.07) is 72.5. The first-order valence-electron chi connectivity index (χ1n) is 20.3. The van der Waals surface area contributed by atoms with Crippen molar-refractivity contribution in [3.63, 3.8) is 0 Å². The van der Waals surface area contributed by atoms with Crippen LogP contribution in [0.1, 0.15) is 22.3 Å². The van der Waals surface area contributed by atoms with Crippen LogP contribution in [0.5, 0.6) is 0 Å². The topological polar surface area (TPSA) is 38.7 Å². The van der Waals surface area contributed by atoms with Crippen LogP contribution < -0.4 is 0 Å². The zero-order valence-corrected chi connectivity index (χ0v) is 31.9. The molecule has 0 fully saturated rings. The Balaban J connectivity index is 1.03. The molecule has 3 nitrogen and oxygen atoms in total. The molecule has 10 aromatic rings. The molecule has 9 aromatic carbocycles. The van der Waals surface area contributed by atoms with Gasteiger partial charge >= 0.3 is 0 Å². The molecule has 0 radical (unpaired) electrons. The van der Waals surface area contributed by atoms with Crippen LogP contribution >= 0.6 is 0 Å². The molecule has 0 saturated carbocycles. The number of nitrogens with zero attached hydrogens (tertiary/aromatic N) is 3. The zero-order chi connectivity index (χ0) is 38.7. The van der Waals surface area contributed by atoms with Gasteiger partial charge in [-0.25, -0.2) is 15.0 Å². The van der Waals surface area contributed by atoms with Gasteiger partial charge in [-0.3, -0.25) is 0 Å². The van der Waals surface area contributed by atoms with Gasteiger partial charge in [0.1, 0.15) is 0 Å². The van der Waals surface area contributed by atoms with Crippen molar-refractivity contribution in [3.8, 4) is 89.8 Å². The highest BCUT2D eigenvalue weighted by atomic mass is 15.0. The molecule has 0 bridgehead atoms. The van der Waals surface area contributed by atoms with Crippen molar-refractivity contribution >= 4 is 10.8 Å². The summed E-state index contributed by atoms with van der Waals surface area (Å²) in [5, 5.41) is 2.68. The van der Waals surface area contributed by atoms with Gasteiger partial charge in [0.05, 0.1) is 5.41 Å². The predicted molar refractivity (Wildman–Crippen MR) is 240 cm³/mol. The minimum atomic E-state index is -0.491. The molecule has 1 unspecified atom stereocenters. The van der Waals surface area contributed by atoms with Crippen LogP contribution in [-0.2, 0) is 5.41 Å². The van der Waals surface area contributed by atoms with E-state index < -0.39 is 5.41 Å². The Morgan fingerprint density at radius 1 is 0.271 bits per heavy atom. The smallest absolute Gasteiger partial charge is 0.164 e. The third-order valence-corrected chi connectivity index (χ3v) is 12.9. The van der Waals surface area contributed by atoms with E-state index in [0.29, 0.717) is 17.5 Å². The fraction of sp³-hybridized carbons (Fsp3) is 0.0179. The van der Waals surface area contributed by atoms with Crippen LogP contribution in [0.15, 0.2) is 200 Å². The summed E-state index contributed by atoms with van der Waals surface area (Å²) in [6.07, 6.45) is 0. The molecule has 1 heterocycles. The Morgan fingerprint density at radius 2 is 0.746 bits per heavy atom. The Kier molecular flexibility index (Phi) is 6.65. The second-order valence-electron chi connectivity index (χ2n) is 15.8. The molecule has 272 valence electrons. The molecule has 59 heavy (non-hydrogen) atoms. The molecular formula is C56H33N3. The predicted octanol–water partition coefficient (Wildman–Crippen LogP) is 13.7. The lowest BCUT2D eigenvalue weighted by Gasteiger charge is -2.31. The lowest BCUT2D eigenvalue weighted by Crippen LogP contribution is -2.25. The minimum absolute atomic E-state index is 0.491. The lowest BCUT2D eigenvalue weighted by molar-refractivity contribution is 0.795. The number of aromatic nitrogens is 3. The summed E-state index contributed by atoms with van der Waals surface area (Å²) in [5.74, 6) is 1.95. The van der Waals surface area contributed by atoms with E-state index in [2.05, 4.69) is 176 Å². The lowest BCUT2D eigenvalue weighted by atomic mass is 9.70. The van der Waals surface area contributed by atoms with Crippen LogP contribution in [-0.4, -0.2) is 15.0 Å². The maximum Gasteiger partial charge on any atom is 0.164 e. The number of hydrogen-bond acceptors (Lipinski definition) is 3. The van der Waals surface area contributed by atoms with Crippen molar-refractivity contribution in [1.29, 1.82) is 0 Å². The standard InChI is InChI=1S/C56H33N3/c1-3-14-34(15-4-1)35-26-28-37(29-27-35)54-57-53(36-16-5-2-6-17-36)58-55(59-54)38-30-31-49-45(32-38)41-20-9-11-24-47(41)56(49)48-25-12-10-21-43(48)52-44-23-13-22-42-39-18-7-8-19-40(39)46(51(42)44)33-50(52)56/h1-33H. The molecule has 1 aromatic heterocycles. The van der Waals surface area contributed by atoms with Crippen molar-refractivity contribution in [1.82, 2.24) is 15.0 Å². The fourth-order valence-electron chi connectivity index (χ4n) is 10.4. The SMILES string of the molecule is c1ccc(-c2ccc(-c3nc(-c4ccccc4)nc(-c4ccc5c(c4)-c4ccccc4C54c5ccccc5-c5c4cc4c6c(cccc56)-c5ccccc5-4)n3)cc2)cc1. The fourth-order valence-corrected chi connectivity index (χ4v) is 10.4. The van der Waals surface area contributed by atoms with Gasteiger partial charge < -0.3 is 0 Å². The van der Waals surface area contributed by atoms with Crippen molar-refractivity contribution in [3.05, 3.63) is 222 Å². The van der Waals surface area contributed by atoms with Crippen LogP contribution in [0.4, 0.5) is 0 Å². The molecule has 13 rings (SSSR count). The summed E-state index contributed by atoms with van der Waals surface area (Å²) < 4.78 is 0. The summed E-state index contributed by atoms with van der Waals surface area (Å²) >= 11 is 0. The van der Waals surface area contributed by atoms with Crippen LogP contribution in [0, 0.1) is 0 Å². The molecule has 3 heteroatoms. The average molecular weight is 748 g/mol. The first kappa shape index (κ1) is 32.3. The van der Waals surface area contributed by atoms with Gasteiger partial charge in [-0.1, -0.05) is 188 Å². The van der Waals surface area contributed by atoms with Gasteiger partial charge in [0.25, 0.3) is 0 Å². The van der Waals surface area contributed by atoms with E-state index >= 15 is 0 Å².